The molecule has 3 aromatic rings. The number of aromatic nitrogens is 2. The van der Waals surface area contributed by atoms with Gasteiger partial charge in [-0.25, -0.2) is 21.6 Å². The van der Waals surface area contributed by atoms with Gasteiger partial charge in [0.1, 0.15) is 17.5 Å². The molecular formula is C22H20F3N5O4S. The maximum absolute atomic E-state index is 14.4. The first-order valence-corrected chi connectivity index (χ1v) is 11.7. The van der Waals surface area contributed by atoms with E-state index in [1.807, 2.05) is 0 Å². The van der Waals surface area contributed by atoms with Gasteiger partial charge in [-0.1, -0.05) is 19.9 Å². The lowest BCUT2D eigenvalue weighted by molar-refractivity contribution is 0.0974. The van der Waals surface area contributed by atoms with Gasteiger partial charge in [0.15, 0.2) is 5.82 Å². The van der Waals surface area contributed by atoms with Gasteiger partial charge < -0.3 is 11.1 Å². The number of carbonyl (C=O) groups is 2. The van der Waals surface area contributed by atoms with E-state index < -0.39 is 55.2 Å². The first-order chi connectivity index (χ1) is 16.3. The van der Waals surface area contributed by atoms with E-state index in [4.69, 9.17) is 5.73 Å². The molecule has 0 saturated carbocycles. The van der Waals surface area contributed by atoms with Gasteiger partial charge in [-0.2, -0.15) is 9.40 Å². The van der Waals surface area contributed by atoms with E-state index >= 15 is 0 Å². The number of nitrogens with two attached hydrogens (primary N) is 1. The first kappa shape index (κ1) is 24.4. The number of nitrogens with one attached hydrogen (secondary N) is 2. The highest BCUT2D eigenvalue weighted by Gasteiger charge is 2.41. The standard InChI is InChI=1S/C22H20F3N5O4S/c1-22(2)10-30(35(33,34)13-7-11(23)6-12(24)8-13)9-15-18(22)28-29-20(15)27-21(32)17-14(19(26)31)4-3-5-16(17)25/h3-8H,9-10H2,1-2H3,(H2,26,31)(H2,27,28,29,32). The molecule has 0 radical (unpaired) electrons. The summed E-state index contributed by atoms with van der Waals surface area (Å²) in [6.45, 7) is 3.07. The summed E-state index contributed by atoms with van der Waals surface area (Å²) in [7, 11) is -4.34. The summed E-state index contributed by atoms with van der Waals surface area (Å²) in [5.74, 6) is -5.21. The van der Waals surface area contributed by atoms with Crippen LogP contribution in [0, 0.1) is 17.5 Å². The van der Waals surface area contributed by atoms with Crippen molar-refractivity contribution in [3.05, 3.63) is 76.2 Å². The highest BCUT2D eigenvalue weighted by molar-refractivity contribution is 7.89. The number of benzene rings is 2. The summed E-state index contributed by atoms with van der Waals surface area (Å²) in [6, 6.07) is 5.38. The Morgan fingerprint density at radius 2 is 1.80 bits per heavy atom. The average molecular weight is 507 g/mol. The molecule has 0 saturated heterocycles. The highest BCUT2D eigenvalue weighted by atomic mass is 32.2. The van der Waals surface area contributed by atoms with Crippen LogP contribution in [0.4, 0.5) is 19.0 Å². The van der Waals surface area contributed by atoms with Crippen molar-refractivity contribution >= 4 is 27.7 Å². The molecule has 1 aliphatic heterocycles. The minimum Gasteiger partial charge on any atom is -0.366 e. The molecule has 0 fully saturated rings. The Morgan fingerprint density at radius 3 is 2.43 bits per heavy atom. The smallest absolute Gasteiger partial charge is 0.260 e. The van der Waals surface area contributed by atoms with Crippen LogP contribution in [-0.2, 0) is 22.0 Å². The molecule has 0 spiro atoms. The number of hydrogen-bond donors (Lipinski definition) is 3. The van der Waals surface area contributed by atoms with Gasteiger partial charge in [0, 0.05) is 35.8 Å². The predicted molar refractivity (Wildman–Crippen MR) is 118 cm³/mol. The molecule has 1 aromatic heterocycles. The van der Waals surface area contributed by atoms with Gasteiger partial charge >= 0.3 is 0 Å². The van der Waals surface area contributed by atoms with Crippen molar-refractivity contribution in [2.24, 2.45) is 5.73 Å². The molecule has 0 aliphatic carbocycles. The third-order valence-corrected chi connectivity index (χ3v) is 7.43. The lowest BCUT2D eigenvalue weighted by atomic mass is 9.84. The number of sulfonamides is 1. The number of H-pyrrole nitrogens is 1. The van der Waals surface area contributed by atoms with E-state index in [-0.39, 0.29) is 30.0 Å². The molecule has 4 rings (SSSR count). The van der Waals surface area contributed by atoms with Crippen molar-refractivity contribution < 1.29 is 31.2 Å². The zero-order valence-corrected chi connectivity index (χ0v) is 19.3. The van der Waals surface area contributed by atoms with E-state index in [1.54, 1.807) is 13.8 Å². The van der Waals surface area contributed by atoms with Gasteiger partial charge in [-0.15, -0.1) is 0 Å². The number of rotatable bonds is 5. The summed E-state index contributed by atoms with van der Waals surface area (Å²) in [5.41, 5.74) is 4.25. The van der Waals surface area contributed by atoms with E-state index in [0.29, 0.717) is 23.9 Å². The van der Waals surface area contributed by atoms with Crippen molar-refractivity contribution in [1.82, 2.24) is 14.5 Å². The lowest BCUT2D eigenvalue weighted by Crippen LogP contribution is -2.45. The second-order valence-electron chi connectivity index (χ2n) is 8.67. The summed E-state index contributed by atoms with van der Waals surface area (Å²) in [4.78, 5) is 23.9. The Kier molecular flexibility index (Phi) is 5.93. The number of hydrogen-bond acceptors (Lipinski definition) is 5. The molecule has 2 amide bonds. The topological polar surface area (TPSA) is 138 Å². The summed E-state index contributed by atoms with van der Waals surface area (Å²) in [6.07, 6.45) is 0. The Morgan fingerprint density at radius 1 is 1.14 bits per heavy atom. The van der Waals surface area contributed by atoms with Crippen molar-refractivity contribution in [2.45, 2.75) is 30.7 Å². The van der Waals surface area contributed by atoms with Gasteiger partial charge in [0.25, 0.3) is 5.91 Å². The molecule has 2 heterocycles. The van der Waals surface area contributed by atoms with Crippen LogP contribution in [0.15, 0.2) is 41.3 Å². The predicted octanol–water partition coefficient (Wildman–Crippen LogP) is 2.66. The molecule has 0 atom stereocenters. The quantitative estimate of drug-likeness (QED) is 0.488. The lowest BCUT2D eigenvalue weighted by Gasteiger charge is -2.36. The van der Waals surface area contributed by atoms with E-state index in [1.165, 1.54) is 12.1 Å². The Hall–Kier alpha value is -3.71. The van der Waals surface area contributed by atoms with Crippen LogP contribution in [0.3, 0.4) is 0 Å². The highest BCUT2D eigenvalue weighted by Crippen LogP contribution is 2.38. The number of aromatic amines is 1. The second kappa shape index (κ2) is 8.50. The second-order valence-corrected chi connectivity index (χ2v) is 10.6. The van der Waals surface area contributed by atoms with Crippen LogP contribution in [-0.4, -0.2) is 41.3 Å². The van der Waals surface area contributed by atoms with Crippen LogP contribution < -0.4 is 11.1 Å². The third-order valence-electron chi connectivity index (χ3n) is 5.66. The number of carbonyl (C=O) groups excluding carboxylic acids is 2. The first-order valence-electron chi connectivity index (χ1n) is 10.2. The fraction of sp³-hybridized carbons (Fsp3) is 0.227. The van der Waals surface area contributed by atoms with Crippen LogP contribution in [0.2, 0.25) is 0 Å². The number of nitrogens with zero attached hydrogens (tertiary/aromatic N) is 2. The van der Waals surface area contributed by atoms with E-state index in [0.717, 1.165) is 10.4 Å². The molecule has 0 unspecified atom stereocenters. The summed E-state index contributed by atoms with van der Waals surface area (Å²) in [5, 5.41) is 9.21. The molecule has 184 valence electrons. The zero-order valence-electron chi connectivity index (χ0n) is 18.5. The number of fused-ring (bicyclic) bond motifs is 1. The Bertz CT molecular complexity index is 1450. The molecule has 0 bridgehead atoms. The zero-order chi connectivity index (χ0) is 25.7. The number of amides is 2. The van der Waals surface area contributed by atoms with E-state index in [2.05, 4.69) is 15.5 Å². The SMILES string of the molecule is CC1(C)CN(S(=O)(=O)c2cc(F)cc(F)c2)Cc2c(NC(=O)c3c(F)cccc3C(N)=O)n[nH]c21. The van der Waals surface area contributed by atoms with Crippen LogP contribution >= 0.6 is 0 Å². The maximum Gasteiger partial charge on any atom is 0.260 e. The maximum atomic E-state index is 14.4. The largest absolute Gasteiger partial charge is 0.366 e. The molecule has 1 aliphatic rings. The Balaban J connectivity index is 1.72. The average Bonchev–Trinajstić information content (AvgIpc) is 3.16. The minimum absolute atomic E-state index is 0.0603. The number of anilines is 1. The number of halogens is 3. The Labute approximate surface area is 198 Å². The molecule has 13 heteroatoms. The van der Waals surface area contributed by atoms with Crippen LogP contribution in [0.25, 0.3) is 0 Å². The van der Waals surface area contributed by atoms with Crippen molar-refractivity contribution in [3.63, 3.8) is 0 Å². The molecule has 9 nitrogen and oxygen atoms in total. The third kappa shape index (κ3) is 4.39. The molecular weight excluding hydrogens is 487 g/mol. The number of primary amides is 1. The molecule has 35 heavy (non-hydrogen) atoms. The van der Waals surface area contributed by atoms with E-state index in [9.17, 15) is 31.2 Å². The minimum atomic E-state index is -4.34. The van der Waals surface area contributed by atoms with Gasteiger partial charge in [0.2, 0.25) is 15.9 Å². The fourth-order valence-electron chi connectivity index (χ4n) is 4.06. The fourth-order valence-corrected chi connectivity index (χ4v) is 5.67. The van der Waals surface area contributed by atoms with Crippen molar-refractivity contribution in [2.75, 3.05) is 11.9 Å². The van der Waals surface area contributed by atoms with Crippen LogP contribution in [0.1, 0.15) is 45.8 Å². The normalized spacial score (nSPS) is 15.5. The van der Waals surface area contributed by atoms with Gasteiger partial charge in [-0.05, 0) is 24.3 Å². The van der Waals surface area contributed by atoms with Crippen LogP contribution in [0.5, 0.6) is 0 Å². The summed E-state index contributed by atoms with van der Waals surface area (Å²) >= 11 is 0. The van der Waals surface area contributed by atoms with Crippen molar-refractivity contribution in [1.29, 1.82) is 0 Å². The van der Waals surface area contributed by atoms with Crippen molar-refractivity contribution in [3.8, 4) is 0 Å². The molecule has 2 aromatic carbocycles. The van der Waals surface area contributed by atoms with Gasteiger partial charge in [-0.3, -0.25) is 14.7 Å². The molecule has 4 N–H and O–H groups in total. The van der Waals surface area contributed by atoms with Gasteiger partial charge in [0.05, 0.1) is 16.0 Å². The monoisotopic (exact) mass is 507 g/mol. The summed E-state index contributed by atoms with van der Waals surface area (Å²) < 4.78 is 69.2.